The Morgan fingerprint density at radius 2 is 2.05 bits per heavy atom. The summed E-state index contributed by atoms with van der Waals surface area (Å²) in [5.74, 6) is -0.104. The van der Waals surface area contributed by atoms with Gasteiger partial charge in [0.2, 0.25) is 0 Å². The molecular weight excluding hydrogens is 283 g/mol. The molecule has 1 aliphatic carbocycles. The van der Waals surface area contributed by atoms with Gasteiger partial charge in [-0.2, -0.15) is 13.2 Å². The number of benzene rings is 1. The van der Waals surface area contributed by atoms with E-state index in [4.69, 9.17) is 9.47 Å². The van der Waals surface area contributed by atoms with Gasteiger partial charge < -0.3 is 14.8 Å². The van der Waals surface area contributed by atoms with Crippen LogP contribution in [0.3, 0.4) is 0 Å². The molecule has 3 nitrogen and oxygen atoms in total. The van der Waals surface area contributed by atoms with Gasteiger partial charge in [-0.05, 0) is 30.5 Å². The number of rotatable bonds is 5. The quantitative estimate of drug-likeness (QED) is 0.906. The first-order valence-electron chi connectivity index (χ1n) is 7.20. The number of hydrogen-bond donors (Lipinski definition) is 1. The summed E-state index contributed by atoms with van der Waals surface area (Å²) in [6.45, 7) is 1.35. The van der Waals surface area contributed by atoms with Crippen LogP contribution in [-0.2, 0) is 17.5 Å². The van der Waals surface area contributed by atoms with E-state index in [1.165, 1.54) is 12.1 Å². The maximum atomic E-state index is 13.2. The van der Waals surface area contributed by atoms with Crippen molar-refractivity contribution in [2.24, 2.45) is 0 Å². The molecule has 3 rings (SSSR count). The van der Waals surface area contributed by atoms with Gasteiger partial charge >= 0.3 is 6.18 Å². The number of hydrogen-bond acceptors (Lipinski definition) is 3. The van der Waals surface area contributed by atoms with Gasteiger partial charge in [0.15, 0.2) is 0 Å². The first kappa shape index (κ1) is 14.7. The number of halogens is 3. The summed E-state index contributed by atoms with van der Waals surface area (Å²) in [6.07, 6.45) is -1.86. The SMILES string of the molecule is FC(F)(F)c1cc(CNC2CC2)ccc1OC1CCOC1. The molecule has 0 spiro atoms. The van der Waals surface area contributed by atoms with Crippen LogP contribution in [-0.4, -0.2) is 25.4 Å². The topological polar surface area (TPSA) is 30.5 Å². The molecule has 116 valence electrons. The van der Waals surface area contributed by atoms with Crippen molar-refractivity contribution in [3.05, 3.63) is 29.3 Å². The van der Waals surface area contributed by atoms with Crippen LogP contribution in [0.4, 0.5) is 13.2 Å². The minimum Gasteiger partial charge on any atom is -0.487 e. The summed E-state index contributed by atoms with van der Waals surface area (Å²) < 4.78 is 50.1. The van der Waals surface area contributed by atoms with Crippen LogP contribution < -0.4 is 10.1 Å². The molecule has 0 aromatic heterocycles. The maximum absolute atomic E-state index is 13.2. The fourth-order valence-electron chi connectivity index (χ4n) is 2.35. The fourth-order valence-corrected chi connectivity index (χ4v) is 2.35. The van der Waals surface area contributed by atoms with E-state index in [2.05, 4.69) is 5.32 Å². The lowest BCUT2D eigenvalue weighted by Gasteiger charge is -2.18. The molecule has 1 aliphatic heterocycles. The van der Waals surface area contributed by atoms with Crippen LogP contribution >= 0.6 is 0 Å². The Bertz CT molecular complexity index is 494. The highest BCUT2D eigenvalue weighted by Gasteiger charge is 2.35. The lowest BCUT2D eigenvalue weighted by molar-refractivity contribution is -0.139. The van der Waals surface area contributed by atoms with Crippen molar-refractivity contribution in [3.8, 4) is 5.75 Å². The summed E-state index contributed by atoms with van der Waals surface area (Å²) >= 11 is 0. The highest BCUT2D eigenvalue weighted by atomic mass is 19.4. The summed E-state index contributed by atoms with van der Waals surface area (Å²) in [5, 5.41) is 3.22. The highest BCUT2D eigenvalue weighted by Crippen LogP contribution is 2.37. The number of nitrogens with one attached hydrogen (secondary N) is 1. The van der Waals surface area contributed by atoms with Crippen LogP contribution in [0.5, 0.6) is 5.75 Å². The number of alkyl halides is 3. The molecule has 0 radical (unpaired) electrons. The molecule has 1 aromatic carbocycles. The standard InChI is InChI=1S/C15H18F3NO2/c16-15(17,18)13-7-10(8-19-11-2-3-11)1-4-14(13)21-12-5-6-20-9-12/h1,4,7,11-12,19H,2-3,5-6,8-9H2. The normalized spacial score (nSPS) is 22.5. The Morgan fingerprint density at radius 3 is 2.67 bits per heavy atom. The molecule has 1 N–H and O–H groups in total. The van der Waals surface area contributed by atoms with Crippen molar-refractivity contribution in [2.45, 2.75) is 44.1 Å². The largest absolute Gasteiger partial charge is 0.487 e. The predicted octanol–water partition coefficient (Wildman–Crippen LogP) is 3.13. The zero-order chi connectivity index (χ0) is 14.9. The molecule has 1 atom stereocenters. The first-order chi connectivity index (χ1) is 10.0. The second-order valence-electron chi connectivity index (χ2n) is 5.59. The van der Waals surface area contributed by atoms with Gasteiger partial charge in [0.1, 0.15) is 11.9 Å². The summed E-state index contributed by atoms with van der Waals surface area (Å²) in [7, 11) is 0. The van der Waals surface area contributed by atoms with Crippen LogP contribution in [0.25, 0.3) is 0 Å². The van der Waals surface area contributed by atoms with Crippen molar-refractivity contribution >= 4 is 0 Å². The monoisotopic (exact) mass is 301 g/mol. The van der Waals surface area contributed by atoms with Crippen LogP contribution in [0, 0.1) is 0 Å². The summed E-state index contributed by atoms with van der Waals surface area (Å²) in [4.78, 5) is 0. The molecule has 6 heteroatoms. The Hall–Kier alpha value is -1.27. The van der Waals surface area contributed by atoms with Gasteiger partial charge in [-0.25, -0.2) is 0 Å². The second kappa shape index (κ2) is 5.85. The van der Waals surface area contributed by atoms with E-state index in [1.54, 1.807) is 6.07 Å². The van der Waals surface area contributed by atoms with Gasteiger partial charge in [-0.15, -0.1) is 0 Å². The Kier molecular flexibility index (Phi) is 4.08. The molecule has 1 aromatic rings. The van der Waals surface area contributed by atoms with E-state index in [0.29, 0.717) is 37.8 Å². The molecule has 2 aliphatic rings. The van der Waals surface area contributed by atoms with Gasteiger partial charge in [0, 0.05) is 19.0 Å². The molecule has 1 saturated heterocycles. The van der Waals surface area contributed by atoms with Gasteiger partial charge in [-0.3, -0.25) is 0 Å². The van der Waals surface area contributed by atoms with E-state index in [-0.39, 0.29) is 11.9 Å². The minimum atomic E-state index is -4.41. The van der Waals surface area contributed by atoms with Crippen molar-refractivity contribution in [1.29, 1.82) is 0 Å². The number of ether oxygens (including phenoxy) is 2. The van der Waals surface area contributed by atoms with Crippen molar-refractivity contribution in [2.75, 3.05) is 13.2 Å². The van der Waals surface area contributed by atoms with Crippen molar-refractivity contribution in [1.82, 2.24) is 5.32 Å². The average Bonchev–Trinajstić information content (AvgIpc) is 3.12. The fraction of sp³-hybridized carbons (Fsp3) is 0.600. The minimum absolute atomic E-state index is 0.104. The first-order valence-corrected chi connectivity index (χ1v) is 7.20. The third kappa shape index (κ3) is 3.89. The molecule has 0 amide bonds. The molecule has 0 bridgehead atoms. The maximum Gasteiger partial charge on any atom is 0.419 e. The smallest absolute Gasteiger partial charge is 0.419 e. The van der Waals surface area contributed by atoms with E-state index in [9.17, 15) is 13.2 Å². The van der Waals surface area contributed by atoms with E-state index in [1.807, 2.05) is 0 Å². The van der Waals surface area contributed by atoms with Gasteiger partial charge in [-0.1, -0.05) is 6.07 Å². The van der Waals surface area contributed by atoms with E-state index in [0.717, 1.165) is 12.8 Å². The van der Waals surface area contributed by atoms with Crippen molar-refractivity contribution in [3.63, 3.8) is 0 Å². The zero-order valence-corrected chi connectivity index (χ0v) is 11.6. The molecular formula is C15H18F3NO2. The highest BCUT2D eigenvalue weighted by molar-refractivity contribution is 5.39. The molecule has 2 fully saturated rings. The lowest BCUT2D eigenvalue weighted by Crippen LogP contribution is -2.20. The summed E-state index contributed by atoms with van der Waals surface area (Å²) in [5.41, 5.74) is -0.0752. The third-order valence-electron chi connectivity index (χ3n) is 3.70. The Balaban J connectivity index is 1.76. The second-order valence-corrected chi connectivity index (χ2v) is 5.59. The Morgan fingerprint density at radius 1 is 1.24 bits per heavy atom. The molecule has 21 heavy (non-hydrogen) atoms. The van der Waals surface area contributed by atoms with Crippen LogP contribution in [0.2, 0.25) is 0 Å². The van der Waals surface area contributed by atoms with Crippen LogP contribution in [0.1, 0.15) is 30.4 Å². The average molecular weight is 301 g/mol. The predicted molar refractivity (Wildman–Crippen MR) is 71.2 cm³/mol. The van der Waals surface area contributed by atoms with Gasteiger partial charge in [0.05, 0.1) is 18.8 Å². The van der Waals surface area contributed by atoms with Gasteiger partial charge in [0.25, 0.3) is 0 Å². The van der Waals surface area contributed by atoms with E-state index < -0.39 is 11.7 Å². The molecule has 1 unspecified atom stereocenters. The van der Waals surface area contributed by atoms with Crippen molar-refractivity contribution < 1.29 is 22.6 Å². The van der Waals surface area contributed by atoms with E-state index >= 15 is 0 Å². The van der Waals surface area contributed by atoms with Crippen LogP contribution in [0.15, 0.2) is 18.2 Å². The summed E-state index contributed by atoms with van der Waals surface area (Å²) in [6, 6.07) is 4.76. The molecule has 1 heterocycles. The Labute approximate surface area is 121 Å². The zero-order valence-electron chi connectivity index (χ0n) is 11.6. The molecule has 1 saturated carbocycles. The lowest BCUT2D eigenvalue weighted by atomic mass is 10.1. The third-order valence-corrected chi connectivity index (χ3v) is 3.70.